The lowest BCUT2D eigenvalue weighted by Crippen LogP contribution is -2.17. The first-order valence-electron chi connectivity index (χ1n) is 7.67. The second kappa shape index (κ2) is 8.34. The maximum absolute atomic E-state index is 12.2. The zero-order valence-corrected chi connectivity index (χ0v) is 15.8. The molecule has 0 aliphatic rings. The van der Waals surface area contributed by atoms with E-state index >= 15 is 0 Å². The molecule has 0 saturated heterocycles. The molecule has 0 spiro atoms. The number of ether oxygens (including phenoxy) is 1. The van der Waals surface area contributed by atoms with Crippen LogP contribution in [0.2, 0.25) is 0 Å². The summed E-state index contributed by atoms with van der Waals surface area (Å²) < 4.78 is 6.99. The minimum Gasteiger partial charge on any atom is -0.462 e. The highest BCUT2D eigenvalue weighted by Crippen LogP contribution is 2.34. The Morgan fingerprint density at radius 1 is 1.42 bits per heavy atom. The number of aromatic nitrogens is 2. The first kappa shape index (κ1) is 18.5. The van der Waals surface area contributed by atoms with E-state index in [1.54, 1.807) is 13.1 Å². The zero-order chi connectivity index (χ0) is 17.7. The number of nitrogens with one attached hydrogen (secondary N) is 1. The summed E-state index contributed by atoms with van der Waals surface area (Å²) in [5.74, 6) is -0.325. The normalized spacial score (nSPS) is 10.7. The smallest absolute Gasteiger partial charge is 0.341 e. The molecule has 0 atom stereocenters. The van der Waals surface area contributed by atoms with E-state index in [0.717, 1.165) is 15.6 Å². The summed E-state index contributed by atoms with van der Waals surface area (Å²) >= 11 is 2.76. The summed E-state index contributed by atoms with van der Waals surface area (Å²) in [6, 6.07) is 0. The number of nitrogens with zero attached hydrogens (tertiary/aromatic N) is 2. The molecule has 0 fully saturated rings. The fourth-order valence-electron chi connectivity index (χ4n) is 2.30. The van der Waals surface area contributed by atoms with Gasteiger partial charge in [0.15, 0.2) is 5.16 Å². The molecule has 2 aromatic rings. The van der Waals surface area contributed by atoms with E-state index in [-0.39, 0.29) is 17.6 Å². The lowest BCUT2D eigenvalue weighted by atomic mass is 10.1. The van der Waals surface area contributed by atoms with Gasteiger partial charge in [-0.1, -0.05) is 18.7 Å². The van der Waals surface area contributed by atoms with Crippen molar-refractivity contribution in [3.05, 3.63) is 28.4 Å². The lowest BCUT2D eigenvalue weighted by molar-refractivity contribution is -0.113. The van der Waals surface area contributed by atoms with Crippen LogP contribution in [0.1, 0.15) is 34.6 Å². The van der Waals surface area contributed by atoms with Gasteiger partial charge in [-0.05, 0) is 25.8 Å². The summed E-state index contributed by atoms with van der Waals surface area (Å²) in [4.78, 5) is 29.7. The third-order valence-corrected chi connectivity index (χ3v) is 5.53. The Morgan fingerprint density at radius 2 is 2.17 bits per heavy atom. The van der Waals surface area contributed by atoms with Crippen molar-refractivity contribution < 1.29 is 14.3 Å². The van der Waals surface area contributed by atoms with Gasteiger partial charge >= 0.3 is 5.97 Å². The highest BCUT2D eigenvalue weighted by atomic mass is 32.2. The fourth-order valence-corrected chi connectivity index (χ4v) is 4.18. The molecule has 0 unspecified atom stereocenters. The summed E-state index contributed by atoms with van der Waals surface area (Å²) in [5, 5.41) is 4.18. The van der Waals surface area contributed by atoms with Crippen LogP contribution in [0.5, 0.6) is 0 Å². The minimum absolute atomic E-state index is 0.169. The molecule has 2 heterocycles. The number of amides is 1. The number of hydrogen-bond acceptors (Lipinski definition) is 6. The Labute approximate surface area is 149 Å². The average molecular weight is 367 g/mol. The number of thioether (sulfide) groups is 1. The van der Waals surface area contributed by atoms with Crippen LogP contribution in [0.25, 0.3) is 0 Å². The fraction of sp³-hybridized carbons (Fsp3) is 0.438. The molecule has 8 heteroatoms. The van der Waals surface area contributed by atoms with Crippen LogP contribution in [-0.4, -0.2) is 33.8 Å². The molecule has 1 amide bonds. The number of imidazole rings is 1. The van der Waals surface area contributed by atoms with Crippen molar-refractivity contribution >= 4 is 40.0 Å². The third-order valence-electron chi connectivity index (χ3n) is 3.40. The number of rotatable bonds is 7. The maximum Gasteiger partial charge on any atom is 0.341 e. The molecular formula is C16H21N3O3S2. The number of hydrogen-bond donors (Lipinski definition) is 1. The van der Waals surface area contributed by atoms with Gasteiger partial charge in [0.1, 0.15) is 5.00 Å². The van der Waals surface area contributed by atoms with Gasteiger partial charge in [0.2, 0.25) is 5.91 Å². The highest BCUT2D eigenvalue weighted by Gasteiger charge is 2.23. The Balaban J connectivity index is 2.12. The lowest BCUT2D eigenvalue weighted by Gasteiger charge is -2.08. The number of anilines is 1. The number of carbonyl (C=O) groups excluding carboxylic acids is 2. The number of aryl methyl sites for hydroxylation is 2. The molecule has 2 aromatic heterocycles. The Morgan fingerprint density at radius 3 is 2.75 bits per heavy atom. The molecule has 0 aliphatic carbocycles. The van der Waals surface area contributed by atoms with Crippen LogP contribution in [-0.2, 0) is 23.0 Å². The molecule has 0 aromatic carbocycles. The molecule has 0 saturated carbocycles. The number of esters is 1. The molecule has 0 bridgehead atoms. The molecule has 130 valence electrons. The summed E-state index contributed by atoms with van der Waals surface area (Å²) in [6.45, 7) is 6.01. The van der Waals surface area contributed by atoms with E-state index in [1.165, 1.54) is 23.1 Å². The van der Waals surface area contributed by atoms with E-state index in [9.17, 15) is 9.59 Å². The van der Waals surface area contributed by atoms with Gasteiger partial charge in [-0.15, -0.1) is 11.3 Å². The number of thiophene rings is 1. The monoisotopic (exact) mass is 367 g/mol. The van der Waals surface area contributed by atoms with Crippen LogP contribution < -0.4 is 5.32 Å². The molecule has 1 N–H and O–H groups in total. The molecular weight excluding hydrogens is 346 g/mol. The highest BCUT2D eigenvalue weighted by molar-refractivity contribution is 7.99. The van der Waals surface area contributed by atoms with Crippen molar-refractivity contribution in [3.8, 4) is 0 Å². The van der Waals surface area contributed by atoms with Crippen molar-refractivity contribution in [2.75, 3.05) is 17.7 Å². The van der Waals surface area contributed by atoms with E-state index in [1.807, 2.05) is 31.7 Å². The van der Waals surface area contributed by atoms with Crippen LogP contribution >= 0.6 is 23.1 Å². The minimum atomic E-state index is -0.384. The molecule has 0 radical (unpaired) electrons. The van der Waals surface area contributed by atoms with E-state index < -0.39 is 0 Å². The van der Waals surface area contributed by atoms with Crippen molar-refractivity contribution in [1.82, 2.24) is 9.55 Å². The molecule has 24 heavy (non-hydrogen) atoms. The molecule has 6 nitrogen and oxygen atoms in total. The maximum atomic E-state index is 12.2. The first-order valence-corrected chi connectivity index (χ1v) is 9.47. The van der Waals surface area contributed by atoms with Gasteiger partial charge in [-0.3, -0.25) is 4.79 Å². The largest absolute Gasteiger partial charge is 0.462 e. The van der Waals surface area contributed by atoms with E-state index in [0.29, 0.717) is 23.6 Å². The van der Waals surface area contributed by atoms with Crippen LogP contribution in [0.15, 0.2) is 17.6 Å². The SMILES string of the molecule is CCOC(=O)c1c(NC(=O)CSc2nccn2C)sc(C)c1CC. The predicted molar refractivity (Wildman–Crippen MR) is 97.0 cm³/mol. The van der Waals surface area contributed by atoms with Gasteiger partial charge in [0.05, 0.1) is 17.9 Å². The zero-order valence-electron chi connectivity index (χ0n) is 14.2. The third kappa shape index (κ3) is 4.18. The van der Waals surface area contributed by atoms with Crippen molar-refractivity contribution in [2.45, 2.75) is 32.3 Å². The standard InChI is InChI=1S/C16H21N3O3S2/c1-5-11-10(3)24-14(13(11)15(21)22-6-2)18-12(20)9-23-16-17-7-8-19(16)4/h7-8H,5-6,9H2,1-4H3,(H,18,20). The Kier molecular flexibility index (Phi) is 6.44. The first-order chi connectivity index (χ1) is 11.5. The van der Waals surface area contributed by atoms with Crippen LogP contribution in [0.3, 0.4) is 0 Å². The van der Waals surface area contributed by atoms with Crippen LogP contribution in [0.4, 0.5) is 5.00 Å². The molecule has 0 aliphatic heterocycles. The van der Waals surface area contributed by atoms with E-state index in [4.69, 9.17) is 4.74 Å². The van der Waals surface area contributed by atoms with Crippen molar-refractivity contribution in [2.24, 2.45) is 7.05 Å². The average Bonchev–Trinajstić information content (AvgIpc) is 3.08. The molecule has 2 rings (SSSR count). The second-order valence-corrected chi connectivity index (χ2v) is 7.24. The van der Waals surface area contributed by atoms with Gasteiger partial charge in [-0.25, -0.2) is 9.78 Å². The van der Waals surface area contributed by atoms with Gasteiger partial charge in [0.25, 0.3) is 0 Å². The summed E-state index contributed by atoms with van der Waals surface area (Å²) in [5.41, 5.74) is 1.42. The number of carbonyl (C=O) groups is 2. The Hall–Kier alpha value is -1.80. The van der Waals surface area contributed by atoms with E-state index in [2.05, 4.69) is 10.3 Å². The summed E-state index contributed by atoms with van der Waals surface area (Å²) in [6.07, 6.45) is 4.23. The Bertz CT molecular complexity index is 737. The predicted octanol–water partition coefficient (Wildman–Crippen LogP) is 3.26. The summed E-state index contributed by atoms with van der Waals surface area (Å²) in [7, 11) is 1.88. The quantitative estimate of drug-likeness (QED) is 0.601. The van der Waals surface area contributed by atoms with Gasteiger partial charge in [-0.2, -0.15) is 0 Å². The van der Waals surface area contributed by atoms with Crippen molar-refractivity contribution in [1.29, 1.82) is 0 Å². The van der Waals surface area contributed by atoms with Gasteiger partial charge in [0, 0.05) is 24.3 Å². The van der Waals surface area contributed by atoms with Crippen molar-refractivity contribution in [3.63, 3.8) is 0 Å². The van der Waals surface area contributed by atoms with Gasteiger partial charge < -0.3 is 14.6 Å². The van der Waals surface area contributed by atoms with Crippen LogP contribution in [0, 0.1) is 6.92 Å². The topological polar surface area (TPSA) is 73.2 Å². The second-order valence-electron chi connectivity index (χ2n) is 5.07.